The van der Waals surface area contributed by atoms with Gasteiger partial charge in [0.15, 0.2) is 14.7 Å². The van der Waals surface area contributed by atoms with Crippen LogP contribution in [0.5, 0.6) is 11.5 Å². The molecule has 10 nitrogen and oxygen atoms in total. The van der Waals surface area contributed by atoms with Crippen LogP contribution in [-0.2, 0) is 30.5 Å². The van der Waals surface area contributed by atoms with E-state index in [1.807, 2.05) is 50.2 Å². The molecule has 0 saturated carbocycles. The van der Waals surface area contributed by atoms with E-state index in [-0.39, 0.29) is 5.75 Å². The molecule has 46 heavy (non-hydrogen) atoms. The molecule has 0 fully saturated rings. The van der Waals surface area contributed by atoms with Gasteiger partial charge in [-0.25, -0.2) is 18.0 Å². The fraction of sp³-hybridized carbons (Fsp3) is 0.412. The minimum Gasteiger partial charge on any atom is -0.748 e. The summed E-state index contributed by atoms with van der Waals surface area (Å²) in [6.45, 7) is 12.6. The first kappa shape index (κ1) is 38.4. The minimum absolute atomic E-state index is 0.219. The zero-order chi connectivity index (χ0) is 34.7. The molecule has 0 amide bonds. The lowest BCUT2D eigenvalue weighted by molar-refractivity contribution is 0.0193. The van der Waals surface area contributed by atoms with Gasteiger partial charge in [0.25, 0.3) is 0 Å². The number of benzene rings is 3. The number of rotatable bonds is 9. The number of ether oxygens (including phenoxy) is 4. The highest BCUT2D eigenvalue weighted by Gasteiger charge is 2.29. The molecule has 0 unspecified atom stereocenters. The van der Waals surface area contributed by atoms with Crippen LogP contribution in [0.4, 0.5) is 15.3 Å². The summed E-state index contributed by atoms with van der Waals surface area (Å²) in [5, 5.41) is 0. The Hall–Kier alpha value is -3.74. The maximum Gasteiger partial charge on any atom is 0.514 e. The largest absolute Gasteiger partial charge is 0.748 e. The van der Waals surface area contributed by atoms with Crippen molar-refractivity contribution in [3.8, 4) is 11.5 Å². The Kier molecular flexibility index (Phi) is 14.0. The summed E-state index contributed by atoms with van der Waals surface area (Å²) in [5.41, 5.74) is -0.178. The van der Waals surface area contributed by atoms with Crippen LogP contribution >= 0.6 is 0 Å². The molecular formula is C34H45NO9S2. The van der Waals surface area contributed by atoms with Crippen molar-refractivity contribution in [2.75, 3.05) is 24.7 Å². The van der Waals surface area contributed by atoms with Gasteiger partial charge < -0.3 is 28.4 Å². The first-order valence-electron chi connectivity index (χ1n) is 14.7. The predicted octanol–water partition coefficient (Wildman–Crippen LogP) is 7.81. The second kappa shape index (κ2) is 16.7. The smallest absolute Gasteiger partial charge is 0.514 e. The second-order valence-corrected chi connectivity index (χ2v) is 15.9. The van der Waals surface area contributed by atoms with E-state index in [1.165, 1.54) is 0 Å². The number of carbonyl (C=O) groups excluding carboxylic acids is 2. The molecule has 0 saturated heterocycles. The van der Waals surface area contributed by atoms with Gasteiger partial charge in [0.1, 0.15) is 22.7 Å². The van der Waals surface area contributed by atoms with Crippen LogP contribution in [0.1, 0.15) is 61.3 Å². The van der Waals surface area contributed by atoms with Crippen LogP contribution in [0.15, 0.2) is 87.5 Å². The summed E-state index contributed by atoms with van der Waals surface area (Å²) in [5.74, 6) is 0.579. The maximum atomic E-state index is 12.1. The highest BCUT2D eigenvalue weighted by Crippen LogP contribution is 2.34. The van der Waals surface area contributed by atoms with Crippen molar-refractivity contribution >= 4 is 39.0 Å². The molecule has 0 N–H and O–H groups in total. The predicted molar refractivity (Wildman–Crippen MR) is 179 cm³/mol. The lowest BCUT2D eigenvalue weighted by Gasteiger charge is -2.18. The number of hydrogen-bond acceptors (Lipinski definition) is 10. The molecule has 252 valence electrons. The number of carbonyl (C=O) groups is 2. The Labute approximate surface area is 276 Å². The molecule has 3 aromatic carbocycles. The van der Waals surface area contributed by atoms with Crippen molar-refractivity contribution in [2.24, 2.45) is 0 Å². The number of anilines is 1. The molecule has 0 heterocycles. The third-order valence-electron chi connectivity index (χ3n) is 5.64. The molecule has 0 spiro atoms. The topological polar surface area (TPSA) is 132 Å². The monoisotopic (exact) mass is 675 g/mol. The van der Waals surface area contributed by atoms with E-state index in [2.05, 4.69) is 24.3 Å². The average Bonchev–Trinajstić information content (AvgIpc) is 2.92. The van der Waals surface area contributed by atoms with Crippen LogP contribution in [0, 0.1) is 0 Å². The second-order valence-electron chi connectivity index (χ2n) is 12.4. The number of nitrogens with zero attached hydrogens (tertiary/aromatic N) is 1. The van der Waals surface area contributed by atoms with Crippen molar-refractivity contribution in [2.45, 2.75) is 87.2 Å². The van der Waals surface area contributed by atoms with Crippen LogP contribution in [-0.4, -0.2) is 56.3 Å². The van der Waals surface area contributed by atoms with Crippen molar-refractivity contribution in [1.29, 1.82) is 0 Å². The molecule has 0 radical (unpaired) electrons. The Balaban J connectivity index is 0.000000812. The highest BCUT2D eigenvalue weighted by atomic mass is 32.2. The van der Waals surface area contributed by atoms with E-state index < -0.39 is 44.5 Å². The molecule has 0 aliphatic heterocycles. The summed E-state index contributed by atoms with van der Waals surface area (Å²) in [6.07, 6.45) is -0.263. The van der Waals surface area contributed by atoms with E-state index in [0.717, 1.165) is 26.8 Å². The van der Waals surface area contributed by atoms with E-state index in [4.69, 9.17) is 18.9 Å². The van der Waals surface area contributed by atoms with Gasteiger partial charge in [-0.05, 0) is 121 Å². The lowest BCUT2D eigenvalue weighted by atomic mass is 10.2. The van der Waals surface area contributed by atoms with Crippen molar-refractivity contribution in [3.63, 3.8) is 0 Å². The first-order chi connectivity index (χ1) is 21.3. The number of hydrogen-bond donors (Lipinski definition) is 0. The lowest BCUT2D eigenvalue weighted by Crippen LogP contribution is -2.26. The van der Waals surface area contributed by atoms with E-state index >= 15 is 0 Å². The Morgan fingerprint density at radius 2 is 1.04 bits per heavy atom. The standard InChI is InChI=1S/C30H36NO6S.C4H10O3S/c1-29(2,3)36-27(32)34-22-11-17-25(18-12-22)38(24-15-9-21(10-16-24)31(7)8)26-19-13-23(14-20-26)35-28(33)37-30(4,5)6;1-2-3-4-8(5,6)7/h9-20H,1-8H3;2-4H2,1H3,(H,5,6,7)/q+1;/p-1. The van der Waals surface area contributed by atoms with Gasteiger partial charge in [0.2, 0.25) is 0 Å². The molecule has 0 aromatic heterocycles. The molecule has 0 bridgehead atoms. The summed E-state index contributed by atoms with van der Waals surface area (Å²) in [7, 11) is -0.405. The van der Waals surface area contributed by atoms with Gasteiger partial charge in [0, 0.05) is 25.5 Å². The van der Waals surface area contributed by atoms with Gasteiger partial charge in [-0.2, -0.15) is 0 Å². The van der Waals surface area contributed by atoms with E-state index in [1.54, 1.807) is 65.8 Å². The molecule has 0 aliphatic carbocycles. The highest BCUT2D eigenvalue weighted by molar-refractivity contribution is 7.97. The third-order valence-corrected chi connectivity index (χ3v) is 8.66. The van der Waals surface area contributed by atoms with Crippen LogP contribution in [0.2, 0.25) is 0 Å². The van der Waals surface area contributed by atoms with Gasteiger partial charge in [0.05, 0.1) is 21.0 Å². The van der Waals surface area contributed by atoms with Gasteiger partial charge >= 0.3 is 12.3 Å². The first-order valence-corrected chi connectivity index (χ1v) is 17.5. The van der Waals surface area contributed by atoms with E-state index in [9.17, 15) is 22.6 Å². The van der Waals surface area contributed by atoms with Crippen molar-refractivity contribution in [3.05, 3.63) is 72.8 Å². The maximum absolute atomic E-state index is 12.1. The zero-order valence-corrected chi connectivity index (χ0v) is 29.6. The molecule has 12 heteroatoms. The average molecular weight is 676 g/mol. The zero-order valence-electron chi connectivity index (χ0n) is 28.0. The van der Waals surface area contributed by atoms with Gasteiger partial charge in [-0.3, -0.25) is 0 Å². The van der Waals surface area contributed by atoms with Gasteiger partial charge in [-0.1, -0.05) is 13.3 Å². The third kappa shape index (κ3) is 14.6. The van der Waals surface area contributed by atoms with Gasteiger partial charge in [-0.15, -0.1) is 0 Å². The molecular weight excluding hydrogens is 631 g/mol. The molecule has 0 aliphatic rings. The van der Waals surface area contributed by atoms with Crippen molar-refractivity contribution in [1.82, 2.24) is 0 Å². The Morgan fingerprint density at radius 1 is 0.696 bits per heavy atom. The number of unbranched alkanes of at least 4 members (excludes halogenated alkanes) is 1. The minimum atomic E-state index is -3.94. The molecule has 3 rings (SSSR count). The Morgan fingerprint density at radius 3 is 1.30 bits per heavy atom. The summed E-state index contributed by atoms with van der Waals surface area (Å²) < 4.78 is 50.7. The summed E-state index contributed by atoms with van der Waals surface area (Å²) in [6, 6.07) is 23.2. The summed E-state index contributed by atoms with van der Waals surface area (Å²) >= 11 is 0. The quantitative estimate of drug-likeness (QED) is 0.0958. The van der Waals surface area contributed by atoms with E-state index in [0.29, 0.717) is 17.9 Å². The van der Waals surface area contributed by atoms with Crippen molar-refractivity contribution < 1.29 is 41.5 Å². The molecule has 0 atom stereocenters. The summed E-state index contributed by atoms with van der Waals surface area (Å²) in [4.78, 5) is 29.4. The van der Waals surface area contributed by atoms with Crippen LogP contribution < -0.4 is 14.4 Å². The van der Waals surface area contributed by atoms with Crippen LogP contribution in [0.3, 0.4) is 0 Å². The Bertz CT molecular complexity index is 1430. The fourth-order valence-corrected chi connectivity index (χ4v) is 6.31. The normalized spacial score (nSPS) is 11.6. The fourth-order valence-electron chi connectivity index (χ4n) is 3.63. The molecule has 3 aromatic rings. The van der Waals surface area contributed by atoms with Crippen LogP contribution in [0.25, 0.3) is 0 Å². The SMILES string of the molecule is CCCCS(=O)(=O)[O-].CN(C)c1ccc([S+](c2ccc(OC(=O)OC(C)(C)C)cc2)c2ccc(OC(=O)OC(C)(C)C)cc2)cc1.